The number of nitrogens with one attached hydrogen (secondary N) is 2. The second-order valence-corrected chi connectivity index (χ2v) is 8.74. The van der Waals surface area contributed by atoms with Crippen molar-refractivity contribution in [2.75, 3.05) is 19.6 Å². The van der Waals surface area contributed by atoms with Crippen molar-refractivity contribution >= 4 is 34.7 Å². The number of benzene rings is 1. The van der Waals surface area contributed by atoms with Crippen LogP contribution in [0.15, 0.2) is 30.3 Å². The van der Waals surface area contributed by atoms with Crippen molar-refractivity contribution in [2.45, 2.75) is 51.7 Å². The van der Waals surface area contributed by atoms with Gasteiger partial charge in [-0.15, -0.1) is 0 Å². The lowest BCUT2D eigenvalue weighted by atomic mass is 10.0. The molecule has 0 amide bonds. The minimum absolute atomic E-state index is 0.385. The van der Waals surface area contributed by atoms with Gasteiger partial charge in [0.25, 0.3) is 0 Å². The first-order valence-corrected chi connectivity index (χ1v) is 10.4. The highest BCUT2D eigenvalue weighted by atomic mass is 32.1. The zero-order chi connectivity index (χ0) is 18.7. The summed E-state index contributed by atoms with van der Waals surface area (Å²) in [7, 11) is 0. The first-order valence-electron chi connectivity index (χ1n) is 9.59. The summed E-state index contributed by atoms with van der Waals surface area (Å²) in [5, 5.41) is 8.57. The van der Waals surface area contributed by atoms with Crippen molar-refractivity contribution in [3.8, 4) is 0 Å². The molecule has 2 saturated heterocycles. The van der Waals surface area contributed by atoms with E-state index < -0.39 is 0 Å². The lowest BCUT2D eigenvalue weighted by molar-refractivity contribution is 0.216. The van der Waals surface area contributed by atoms with Gasteiger partial charge in [0.1, 0.15) is 0 Å². The topological polar surface area (TPSA) is 30.5 Å². The van der Waals surface area contributed by atoms with E-state index in [9.17, 15) is 0 Å². The van der Waals surface area contributed by atoms with E-state index in [4.69, 9.17) is 24.4 Å². The molecule has 142 valence electrons. The van der Waals surface area contributed by atoms with E-state index in [1.165, 1.54) is 5.56 Å². The van der Waals surface area contributed by atoms with Gasteiger partial charge in [-0.05, 0) is 55.7 Å². The normalized spacial score (nSPS) is 24.2. The van der Waals surface area contributed by atoms with Gasteiger partial charge >= 0.3 is 0 Å². The smallest absolute Gasteiger partial charge is 0.169 e. The Hall–Kier alpha value is -1.40. The molecular formula is C20H30N4S2. The van der Waals surface area contributed by atoms with E-state index in [1.807, 2.05) is 0 Å². The third-order valence-electron chi connectivity index (χ3n) is 5.20. The maximum absolute atomic E-state index is 5.64. The Balaban J connectivity index is 1.72. The van der Waals surface area contributed by atoms with Gasteiger partial charge in [0.15, 0.2) is 10.2 Å². The van der Waals surface area contributed by atoms with Crippen LogP contribution >= 0.6 is 24.4 Å². The molecule has 0 saturated carbocycles. The molecule has 3 unspecified atom stereocenters. The van der Waals surface area contributed by atoms with Crippen LogP contribution in [0.25, 0.3) is 0 Å². The third kappa shape index (κ3) is 4.65. The average molecular weight is 391 g/mol. The monoisotopic (exact) mass is 390 g/mol. The Labute approximate surface area is 168 Å². The summed E-state index contributed by atoms with van der Waals surface area (Å²) in [4.78, 5) is 4.77. The zero-order valence-corrected chi connectivity index (χ0v) is 17.6. The van der Waals surface area contributed by atoms with Crippen LogP contribution in [-0.2, 0) is 6.42 Å². The Bertz CT molecular complexity index is 634. The largest absolute Gasteiger partial charge is 0.360 e. The third-order valence-corrected chi connectivity index (χ3v) is 5.93. The fourth-order valence-electron chi connectivity index (χ4n) is 3.99. The molecular weight excluding hydrogens is 360 g/mol. The molecule has 0 aliphatic carbocycles. The number of thiocarbonyl (C=S) groups is 2. The van der Waals surface area contributed by atoms with Crippen LogP contribution in [0, 0.1) is 5.92 Å². The van der Waals surface area contributed by atoms with Crippen molar-refractivity contribution in [1.29, 1.82) is 0 Å². The second-order valence-electron chi connectivity index (χ2n) is 7.97. The molecule has 1 aromatic carbocycles. The van der Waals surface area contributed by atoms with Crippen LogP contribution in [0.5, 0.6) is 0 Å². The minimum Gasteiger partial charge on any atom is -0.360 e. The molecule has 2 heterocycles. The van der Waals surface area contributed by atoms with E-state index >= 15 is 0 Å². The molecule has 6 heteroatoms. The molecule has 0 bridgehead atoms. The van der Waals surface area contributed by atoms with Crippen LogP contribution in [0.4, 0.5) is 0 Å². The minimum atomic E-state index is 0.385. The van der Waals surface area contributed by atoms with Crippen LogP contribution in [0.2, 0.25) is 0 Å². The highest BCUT2D eigenvalue weighted by molar-refractivity contribution is 7.80. The van der Waals surface area contributed by atoms with E-state index in [0.717, 1.165) is 42.7 Å². The van der Waals surface area contributed by atoms with E-state index in [-0.39, 0.29) is 0 Å². The Morgan fingerprint density at radius 2 is 1.88 bits per heavy atom. The number of nitrogens with zero attached hydrogens (tertiary/aromatic N) is 2. The standard InChI is InChI=1S/C20H30N4S2/c1-14(2)9-18(23-12-15(3)22-20(23)26)13-24-17(11-21-19(24)25)10-16-7-5-4-6-8-16/h4-8,14-15,17-18H,9-13H2,1-3H3,(H,21,25)(H,22,26). The lowest BCUT2D eigenvalue weighted by Gasteiger charge is -2.36. The average Bonchev–Trinajstić information content (AvgIpc) is 3.10. The highest BCUT2D eigenvalue weighted by Crippen LogP contribution is 2.21. The number of hydrogen-bond donors (Lipinski definition) is 2. The van der Waals surface area contributed by atoms with E-state index in [0.29, 0.717) is 24.0 Å². The van der Waals surface area contributed by atoms with Crippen molar-refractivity contribution in [3.63, 3.8) is 0 Å². The fourth-order valence-corrected chi connectivity index (χ4v) is 4.72. The van der Waals surface area contributed by atoms with Crippen molar-refractivity contribution in [2.24, 2.45) is 5.92 Å². The van der Waals surface area contributed by atoms with Crippen LogP contribution in [0.3, 0.4) is 0 Å². The Morgan fingerprint density at radius 1 is 1.15 bits per heavy atom. The maximum Gasteiger partial charge on any atom is 0.169 e. The van der Waals surface area contributed by atoms with E-state index in [2.05, 4.69) is 71.5 Å². The molecule has 0 radical (unpaired) electrons. The fraction of sp³-hybridized carbons (Fsp3) is 0.600. The van der Waals surface area contributed by atoms with Gasteiger partial charge in [-0.3, -0.25) is 0 Å². The first kappa shape index (κ1) is 19.4. The molecule has 2 aliphatic heterocycles. The molecule has 3 atom stereocenters. The van der Waals surface area contributed by atoms with Gasteiger partial charge < -0.3 is 20.4 Å². The molecule has 2 fully saturated rings. The summed E-state index contributed by atoms with van der Waals surface area (Å²) in [6, 6.07) is 11.9. The molecule has 1 aromatic rings. The van der Waals surface area contributed by atoms with Gasteiger partial charge in [-0.2, -0.15) is 0 Å². The van der Waals surface area contributed by atoms with Crippen molar-refractivity contribution < 1.29 is 0 Å². The predicted molar refractivity (Wildman–Crippen MR) is 116 cm³/mol. The molecule has 0 aromatic heterocycles. The maximum atomic E-state index is 5.64. The zero-order valence-electron chi connectivity index (χ0n) is 15.9. The van der Waals surface area contributed by atoms with Crippen LogP contribution in [0.1, 0.15) is 32.8 Å². The van der Waals surface area contributed by atoms with Gasteiger partial charge in [0.2, 0.25) is 0 Å². The molecule has 2 aliphatic rings. The number of rotatable bonds is 7. The Kier molecular flexibility index (Phi) is 6.35. The summed E-state index contributed by atoms with van der Waals surface area (Å²) in [5.41, 5.74) is 1.36. The Morgan fingerprint density at radius 3 is 2.50 bits per heavy atom. The summed E-state index contributed by atoms with van der Waals surface area (Å²) in [5.74, 6) is 0.621. The molecule has 26 heavy (non-hydrogen) atoms. The summed E-state index contributed by atoms with van der Waals surface area (Å²) in [6.45, 7) is 9.58. The van der Waals surface area contributed by atoms with Crippen LogP contribution < -0.4 is 10.6 Å². The molecule has 4 nitrogen and oxygen atoms in total. The summed E-state index contributed by atoms with van der Waals surface area (Å²) in [6.07, 6.45) is 2.13. The van der Waals surface area contributed by atoms with Gasteiger partial charge in [-0.1, -0.05) is 44.2 Å². The number of hydrogen-bond acceptors (Lipinski definition) is 2. The summed E-state index contributed by atoms with van der Waals surface area (Å²) < 4.78 is 0. The molecule has 2 N–H and O–H groups in total. The van der Waals surface area contributed by atoms with Crippen LogP contribution in [-0.4, -0.2) is 57.8 Å². The molecule has 0 spiro atoms. The van der Waals surface area contributed by atoms with Gasteiger partial charge in [-0.25, -0.2) is 0 Å². The van der Waals surface area contributed by atoms with E-state index in [1.54, 1.807) is 0 Å². The highest BCUT2D eigenvalue weighted by Gasteiger charge is 2.35. The quantitative estimate of drug-likeness (QED) is 0.696. The van der Waals surface area contributed by atoms with Gasteiger partial charge in [0.05, 0.1) is 6.04 Å². The lowest BCUT2D eigenvalue weighted by Crippen LogP contribution is -2.49. The predicted octanol–water partition coefficient (Wildman–Crippen LogP) is 2.78. The van der Waals surface area contributed by atoms with Crippen molar-refractivity contribution in [3.05, 3.63) is 35.9 Å². The second kappa shape index (κ2) is 8.53. The molecule has 3 rings (SSSR count). The SMILES string of the molecule is CC(C)CC(CN1C(=S)NCC1Cc1ccccc1)N1CC(C)NC1=S. The summed E-state index contributed by atoms with van der Waals surface area (Å²) >= 11 is 11.2. The van der Waals surface area contributed by atoms with Gasteiger partial charge in [0, 0.05) is 31.7 Å². The first-order chi connectivity index (χ1) is 12.4. The van der Waals surface area contributed by atoms with Crippen molar-refractivity contribution in [1.82, 2.24) is 20.4 Å².